The Morgan fingerprint density at radius 2 is 2.12 bits per heavy atom. The van der Waals surface area contributed by atoms with Crippen molar-refractivity contribution in [3.63, 3.8) is 0 Å². The summed E-state index contributed by atoms with van der Waals surface area (Å²) in [5.41, 5.74) is 0. The number of nitrogens with zero attached hydrogens (tertiary/aromatic N) is 1. The quantitative estimate of drug-likeness (QED) is 0.597. The Kier molecular flexibility index (Phi) is 7.12. The normalized spacial score (nSPS) is 19.2. The van der Waals surface area contributed by atoms with Crippen molar-refractivity contribution in [3.05, 3.63) is 27.1 Å². The van der Waals surface area contributed by atoms with Gasteiger partial charge in [-0.25, -0.2) is 8.42 Å². The predicted octanol–water partition coefficient (Wildman–Crippen LogP) is 3.41. The van der Waals surface area contributed by atoms with Gasteiger partial charge in [-0.2, -0.15) is 0 Å². The van der Waals surface area contributed by atoms with Crippen LogP contribution in [0.3, 0.4) is 0 Å². The Balaban J connectivity index is 2.02. The molecule has 1 aliphatic rings. The average Bonchev–Trinajstić information content (AvgIpc) is 2.86. The highest BCUT2D eigenvalue weighted by Crippen LogP contribution is 2.28. The molecule has 0 aromatic heterocycles. The summed E-state index contributed by atoms with van der Waals surface area (Å²) in [5.74, 6) is 0.637. The van der Waals surface area contributed by atoms with E-state index in [2.05, 4.69) is 31.9 Å². The molecular formula is C16H21Br2NO4S. The molecule has 1 aromatic carbocycles. The van der Waals surface area contributed by atoms with E-state index in [-0.39, 0.29) is 30.1 Å². The Hall–Kier alpha value is -0.600. The summed E-state index contributed by atoms with van der Waals surface area (Å²) in [6, 6.07) is 5.23. The number of benzene rings is 1. The summed E-state index contributed by atoms with van der Waals surface area (Å²) in [6.07, 6.45) is 2.31. The summed E-state index contributed by atoms with van der Waals surface area (Å²) < 4.78 is 30.7. The van der Waals surface area contributed by atoms with Crippen molar-refractivity contribution in [3.8, 4) is 5.75 Å². The smallest absolute Gasteiger partial charge is 0.260 e. The van der Waals surface area contributed by atoms with Crippen molar-refractivity contribution in [2.75, 3.05) is 24.7 Å². The van der Waals surface area contributed by atoms with Gasteiger partial charge in [0.2, 0.25) is 0 Å². The van der Waals surface area contributed by atoms with Crippen LogP contribution in [0.4, 0.5) is 0 Å². The third kappa shape index (κ3) is 5.46. The number of carbonyl (C=O) groups excluding carboxylic acids is 1. The lowest BCUT2D eigenvalue weighted by Gasteiger charge is -2.28. The highest BCUT2D eigenvalue weighted by atomic mass is 79.9. The highest BCUT2D eigenvalue weighted by molar-refractivity contribution is 9.11. The number of rotatable bonds is 7. The lowest BCUT2D eigenvalue weighted by Crippen LogP contribution is -2.44. The van der Waals surface area contributed by atoms with Crippen molar-refractivity contribution < 1.29 is 17.9 Å². The minimum Gasteiger partial charge on any atom is -0.483 e. The van der Waals surface area contributed by atoms with Crippen molar-refractivity contribution in [1.29, 1.82) is 0 Å². The zero-order chi connectivity index (χ0) is 17.7. The van der Waals surface area contributed by atoms with Gasteiger partial charge in [0.15, 0.2) is 16.4 Å². The third-order valence-corrected chi connectivity index (χ3v) is 6.83. The standard InChI is InChI=1S/C16H21Br2NO4S/c1-2-3-7-19(13-6-8-24(21,22)11-13)16(20)10-23-15-5-4-12(17)9-14(15)18/h4-5,9,13H,2-3,6-8,10-11H2,1H3. The zero-order valence-electron chi connectivity index (χ0n) is 13.5. The Bertz CT molecular complexity index is 693. The van der Waals surface area contributed by atoms with Gasteiger partial charge in [-0.3, -0.25) is 4.79 Å². The van der Waals surface area contributed by atoms with E-state index in [0.29, 0.717) is 18.7 Å². The molecular weight excluding hydrogens is 462 g/mol. The largest absolute Gasteiger partial charge is 0.483 e. The molecule has 1 saturated heterocycles. The van der Waals surface area contributed by atoms with Crippen molar-refractivity contribution >= 4 is 47.6 Å². The summed E-state index contributed by atoms with van der Waals surface area (Å²) in [7, 11) is -3.03. The van der Waals surface area contributed by atoms with Crippen LogP contribution >= 0.6 is 31.9 Å². The maximum Gasteiger partial charge on any atom is 0.260 e. The fraction of sp³-hybridized carbons (Fsp3) is 0.562. The van der Waals surface area contributed by atoms with E-state index in [9.17, 15) is 13.2 Å². The fourth-order valence-corrected chi connectivity index (χ4v) is 5.57. The number of sulfone groups is 1. The van der Waals surface area contributed by atoms with E-state index < -0.39 is 9.84 Å². The maximum absolute atomic E-state index is 12.6. The lowest BCUT2D eigenvalue weighted by atomic mass is 10.2. The molecule has 2 rings (SSSR count). The molecule has 0 spiro atoms. The number of ether oxygens (including phenoxy) is 1. The fourth-order valence-electron chi connectivity index (χ4n) is 2.68. The number of carbonyl (C=O) groups is 1. The average molecular weight is 483 g/mol. The van der Waals surface area contributed by atoms with E-state index in [1.165, 1.54) is 0 Å². The van der Waals surface area contributed by atoms with Gasteiger partial charge in [0, 0.05) is 17.1 Å². The Morgan fingerprint density at radius 3 is 2.71 bits per heavy atom. The second kappa shape index (κ2) is 8.67. The summed E-state index contributed by atoms with van der Waals surface area (Å²) in [6.45, 7) is 2.52. The van der Waals surface area contributed by atoms with Crippen LogP contribution < -0.4 is 4.74 Å². The van der Waals surface area contributed by atoms with Gasteiger partial charge in [-0.15, -0.1) is 0 Å². The van der Waals surface area contributed by atoms with Crippen LogP contribution in [0.25, 0.3) is 0 Å². The second-order valence-electron chi connectivity index (χ2n) is 5.86. The molecule has 1 amide bonds. The number of hydrogen-bond donors (Lipinski definition) is 0. The van der Waals surface area contributed by atoms with Crippen LogP contribution in [-0.4, -0.2) is 49.9 Å². The molecule has 1 unspecified atom stereocenters. The first kappa shape index (κ1) is 19.7. The summed E-state index contributed by atoms with van der Waals surface area (Å²) >= 11 is 6.76. The van der Waals surface area contributed by atoms with Crippen LogP contribution in [0.2, 0.25) is 0 Å². The van der Waals surface area contributed by atoms with Gasteiger partial charge in [-0.1, -0.05) is 29.3 Å². The van der Waals surface area contributed by atoms with Crippen LogP contribution in [0, 0.1) is 0 Å². The van der Waals surface area contributed by atoms with Gasteiger partial charge < -0.3 is 9.64 Å². The molecule has 0 aliphatic carbocycles. The monoisotopic (exact) mass is 481 g/mol. The predicted molar refractivity (Wildman–Crippen MR) is 101 cm³/mol. The van der Waals surface area contributed by atoms with Crippen LogP contribution in [-0.2, 0) is 14.6 Å². The molecule has 0 N–H and O–H groups in total. The molecule has 1 heterocycles. The second-order valence-corrected chi connectivity index (χ2v) is 9.86. The topological polar surface area (TPSA) is 63.7 Å². The minimum atomic E-state index is -3.03. The molecule has 1 atom stereocenters. The molecule has 0 bridgehead atoms. The molecule has 5 nitrogen and oxygen atoms in total. The molecule has 1 aromatic rings. The number of unbranched alkanes of at least 4 members (excludes halogenated alkanes) is 1. The lowest BCUT2D eigenvalue weighted by molar-refractivity contribution is -0.135. The van der Waals surface area contributed by atoms with Gasteiger partial charge in [0.05, 0.1) is 16.0 Å². The van der Waals surface area contributed by atoms with Crippen LogP contribution in [0.15, 0.2) is 27.1 Å². The first-order valence-corrected chi connectivity index (χ1v) is 11.3. The molecule has 1 aliphatic heterocycles. The van der Waals surface area contributed by atoms with E-state index >= 15 is 0 Å². The third-order valence-electron chi connectivity index (χ3n) is 3.97. The first-order chi connectivity index (χ1) is 11.3. The summed E-state index contributed by atoms with van der Waals surface area (Å²) in [5, 5.41) is 0. The molecule has 1 fully saturated rings. The number of halogens is 2. The highest BCUT2D eigenvalue weighted by Gasteiger charge is 2.34. The van der Waals surface area contributed by atoms with Crippen molar-refractivity contribution in [2.24, 2.45) is 0 Å². The van der Waals surface area contributed by atoms with Gasteiger partial charge in [0.1, 0.15) is 5.75 Å². The molecule has 0 saturated carbocycles. The molecule has 24 heavy (non-hydrogen) atoms. The first-order valence-electron chi connectivity index (χ1n) is 7.90. The molecule has 8 heteroatoms. The number of amides is 1. The maximum atomic E-state index is 12.6. The van der Waals surface area contributed by atoms with E-state index in [4.69, 9.17) is 4.74 Å². The molecule has 0 radical (unpaired) electrons. The Morgan fingerprint density at radius 1 is 1.38 bits per heavy atom. The number of hydrogen-bond acceptors (Lipinski definition) is 4. The SMILES string of the molecule is CCCCN(C(=O)COc1ccc(Br)cc1Br)C1CCS(=O)(=O)C1. The van der Waals surface area contributed by atoms with Crippen LogP contribution in [0.1, 0.15) is 26.2 Å². The van der Waals surface area contributed by atoms with Gasteiger partial charge in [0.25, 0.3) is 5.91 Å². The summed E-state index contributed by atoms with van der Waals surface area (Å²) in [4.78, 5) is 14.3. The van der Waals surface area contributed by atoms with Crippen molar-refractivity contribution in [2.45, 2.75) is 32.2 Å². The van der Waals surface area contributed by atoms with E-state index in [1.807, 2.05) is 19.1 Å². The van der Waals surface area contributed by atoms with Crippen molar-refractivity contribution in [1.82, 2.24) is 4.90 Å². The van der Waals surface area contributed by atoms with Crippen LogP contribution in [0.5, 0.6) is 5.75 Å². The van der Waals surface area contributed by atoms with E-state index in [1.54, 1.807) is 11.0 Å². The zero-order valence-corrected chi connectivity index (χ0v) is 17.5. The Labute approximate surface area is 159 Å². The van der Waals surface area contributed by atoms with Gasteiger partial charge >= 0.3 is 0 Å². The molecule has 134 valence electrons. The van der Waals surface area contributed by atoms with E-state index in [0.717, 1.165) is 21.8 Å². The van der Waals surface area contributed by atoms with Gasteiger partial charge in [-0.05, 0) is 47.0 Å². The minimum absolute atomic E-state index is 0.0600.